The van der Waals surface area contributed by atoms with E-state index in [1.807, 2.05) is 6.20 Å². The van der Waals surface area contributed by atoms with Gasteiger partial charge in [0.25, 0.3) is 0 Å². The Morgan fingerprint density at radius 3 is 2.86 bits per heavy atom. The minimum atomic E-state index is -0.588. The third-order valence-electron chi connectivity index (χ3n) is 0.424. The molecule has 3 nitrogen and oxygen atoms in total. The molecule has 1 heterocycles. The summed E-state index contributed by atoms with van der Waals surface area (Å²) >= 11 is 0. The molecule has 1 rings (SSSR count). The smallest absolute Gasteiger partial charge is 0.173 e. The molecule has 0 aromatic carbocycles. The van der Waals surface area contributed by atoms with E-state index < -0.39 is 5.82 Å². The number of rotatable bonds is 0. The lowest BCUT2D eigenvalue weighted by Crippen LogP contribution is -1.85. The number of nitrogens with zero attached hydrogens (tertiary/aromatic N) is 3. The average Bonchev–Trinajstić information content (AvgIpc) is 1.69. The van der Waals surface area contributed by atoms with Crippen molar-refractivity contribution in [2.75, 3.05) is 0 Å². The van der Waals surface area contributed by atoms with Crippen LogP contribution in [0.5, 0.6) is 0 Å². The quantitative estimate of drug-likeness (QED) is 0.451. The standard InChI is InChI=1S/C3HFN3/c4-3-1-5-7-6-2-3/h1H. The molecular weight excluding hydrogens is 97.1 g/mol. The van der Waals surface area contributed by atoms with Gasteiger partial charge in [-0.1, -0.05) is 0 Å². The maximum Gasteiger partial charge on any atom is 0.173 e. The van der Waals surface area contributed by atoms with Gasteiger partial charge in [-0.2, -0.15) is 0 Å². The van der Waals surface area contributed by atoms with Crippen LogP contribution < -0.4 is 0 Å². The van der Waals surface area contributed by atoms with Crippen LogP contribution in [0.3, 0.4) is 0 Å². The molecule has 0 amide bonds. The van der Waals surface area contributed by atoms with Gasteiger partial charge in [-0.3, -0.25) is 0 Å². The van der Waals surface area contributed by atoms with Crippen LogP contribution in [0, 0.1) is 12.0 Å². The number of aromatic nitrogens is 3. The highest BCUT2D eigenvalue weighted by Gasteiger charge is 1.82. The number of hydrogen-bond donors (Lipinski definition) is 0. The van der Waals surface area contributed by atoms with Crippen molar-refractivity contribution in [2.45, 2.75) is 0 Å². The fraction of sp³-hybridized carbons (Fsp3) is 0. The molecule has 1 aromatic rings. The van der Waals surface area contributed by atoms with Crippen LogP contribution in [0.2, 0.25) is 0 Å². The topological polar surface area (TPSA) is 38.7 Å². The Kier molecular flexibility index (Phi) is 0.934. The molecule has 0 saturated carbocycles. The second-order valence-electron chi connectivity index (χ2n) is 0.894. The zero-order valence-corrected chi connectivity index (χ0v) is 3.30. The first-order valence-corrected chi connectivity index (χ1v) is 1.61. The predicted octanol–water partition coefficient (Wildman–Crippen LogP) is -0.189. The lowest BCUT2D eigenvalue weighted by atomic mass is 10.7. The van der Waals surface area contributed by atoms with E-state index in [0.29, 0.717) is 0 Å². The third-order valence-corrected chi connectivity index (χ3v) is 0.424. The van der Waals surface area contributed by atoms with Gasteiger partial charge in [-0.05, 0) is 5.21 Å². The summed E-state index contributed by atoms with van der Waals surface area (Å²) in [4.78, 5) is 0. The average molecular weight is 98.1 g/mol. The Morgan fingerprint density at radius 2 is 2.57 bits per heavy atom. The molecule has 0 aliphatic heterocycles. The van der Waals surface area contributed by atoms with Crippen molar-refractivity contribution in [3.63, 3.8) is 0 Å². The van der Waals surface area contributed by atoms with E-state index >= 15 is 0 Å². The van der Waals surface area contributed by atoms with Gasteiger partial charge in [0.1, 0.15) is 0 Å². The summed E-state index contributed by atoms with van der Waals surface area (Å²) in [5, 5.41) is 9.19. The van der Waals surface area contributed by atoms with Crippen molar-refractivity contribution in [1.29, 1.82) is 0 Å². The first kappa shape index (κ1) is 4.11. The molecule has 0 aliphatic carbocycles. The summed E-state index contributed by atoms with van der Waals surface area (Å²) < 4.78 is 11.7. The Labute approximate surface area is 39.2 Å². The summed E-state index contributed by atoms with van der Waals surface area (Å²) in [6.45, 7) is 0. The summed E-state index contributed by atoms with van der Waals surface area (Å²) in [5.41, 5.74) is 0. The number of hydrogen-bond acceptors (Lipinski definition) is 3. The molecule has 0 unspecified atom stereocenters. The molecule has 7 heavy (non-hydrogen) atoms. The molecular formula is C3HFN3. The van der Waals surface area contributed by atoms with E-state index in [2.05, 4.69) is 15.4 Å². The van der Waals surface area contributed by atoms with Gasteiger partial charge in [-0.15, -0.1) is 10.2 Å². The van der Waals surface area contributed by atoms with Gasteiger partial charge in [0.05, 0.1) is 6.20 Å². The van der Waals surface area contributed by atoms with Gasteiger partial charge in [0, 0.05) is 0 Å². The molecule has 4 heteroatoms. The monoisotopic (exact) mass is 98.0 g/mol. The molecule has 0 bridgehead atoms. The van der Waals surface area contributed by atoms with Crippen LogP contribution in [0.1, 0.15) is 0 Å². The van der Waals surface area contributed by atoms with Gasteiger partial charge in [0.2, 0.25) is 0 Å². The second kappa shape index (κ2) is 1.59. The van der Waals surface area contributed by atoms with E-state index in [0.717, 1.165) is 6.20 Å². The Hall–Kier alpha value is -1.06. The van der Waals surface area contributed by atoms with Crippen molar-refractivity contribution in [2.24, 2.45) is 0 Å². The van der Waals surface area contributed by atoms with E-state index in [1.165, 1.54) is 0 Å². The lowest BCUT2D eigenvalue weighted by molar-refractivity contribution is 0.594. The summed E-state index contributed by atoms with van der Waals surface area (Å²) in [6, 6.07) is 0. The van der Waals surface area contributed by atoms with Crippen LogP contribution in [0.25, 0.3) is 0 Å². The zero-order valence-electron chi connectivity index (χ0n) is 3.30. The van der Waals surface area contributed by atoms with E-state index in [4.69, 9.17) is 0 Å². The molecule has 0 fully saturated rings. The van der Waals surface area contributed by atoms with Gasteiger partial charge in [0.15, 0.2) is 12.0 Å². The maximum atomic E-state index is 11.7. The highest BCUT2D eigenvalue weighted by Crippen LogP contribution is 1.81. The summed E-state index contributed by atoms with van der Waals surface area (Å²) in [6.07, 6.45) is 2.88. The van der Waals surface area contributed by atoms with Gasteiger partial charge >= 0.3 is 0 Å². The van der Waals surface area contributed by atoms with Gasteiger partial charge in [-0.25, -0.2) is 4.39 Å². The normalized spacial score (nSPS) is 8.71. The van der Waals surface area contributed by atoms with Crippen LogP contribution in [0.4, 0.5) is 4.39 Å². The SMILES string of the molecule is Fc1[c]nnnc1. The van der Waals surface area contributed by atoms with E-state index in [1.54, 1.807) is 0 Å². The molecule has 0 N–H and O–H groups in total. The van der Waals surface area contributed by atoms with E-state index in [9.17, 15) is 4.39 Å². The van der Waals surface area contributed by atoms with Crippen molar-refractivity contribution < 1.29 is 4.39 Å². The largest absolute Gasteiger partial charge is 0.203 e. The van der Waals surface area contributed by atoms with Crippen LogP contribution in [-0.2, 0) is 0 Å². The molecule has 0 spiro atoms. The van der Waals surface area contributed by atoms with Crippen LogP contribution in [-0.4, -0.2) is 15.4 Å². The van der Waals surface area contributed by atoms with Crippen LogP contribution >= 0.6 is 0 Å². The summed E-state index contributed by atoms with van der Waals surface area (Å²) in [7, 11) is 0. The molecule has 0 atom stereocenters. The molecule has 0 aliphatic rings. The highest BCUT2D eigenvalue weighted by atomic mass is 19.1. The molecule has 35 valence electrons. The lowest BCUT2D eigenvalue weighted by Gasteiger charge is -1.74. The first-order valence-electron chi connectivity index (χ1n) is 1.61. The predicted molar refractivity (Wildman–Crippen MR) is 18.6 cm³/mol. The zero-order chi connectivity index (χ0) is 5.11. The Balaban J connectivity index is 3.02. The minimum Gasteiger partial charge on any atom is -0.203 e. The van der Waals surface area contributed by atoms with Crippen molar-refractivity contribution in [3.05, 3.63) is 18.2 Å². The first-order chi connectivity index (χ1) is 3.39. The highest BCUT2D eigenvalue weighted by molar-refractivity contribution is 4.74. The molecule has 1 aromatic heterocycles. The van der Waals surface area contributed by atoms with Crippen molar-refractivity contribution in [3.8, 4) is 0 Å². The van der Waals surface area contributed by atoms with Crippen molar-refractivity contribution in [1.82, 2.24) is 15.4 Å². The van der Waals surface area contributed by atoms with Gasteiger partial charge < -0.3 is 0 Å². The fourth-order valence-electron chi connectivity index (χ4n) is 0.201. The number of halogens is 1. The molecule has 1 radical (unpaired) electrons. The minimum absolute atomic E-state index is 0.588. The maximum absolute atomic E-state index is 11.7. The Morgan fingerprint density at radius 1 is 1.71 bits per heavy atom. The second-order valence-corrected chi connectivity index (χ2v) is 0.894. The van der Waals surface area contributed by atoms with Crippen LogP contribution in [0.15, 0.2) is 6.20 Å². The fourth-order valence-corrected chi connectivity index (χ4v) is 0.201. The third kappa shape index (κ3) is 0.887. The van der Waals surface area contributed by atoms with E-state index in [-0.39, 0.29) is 0 Å². The van der Waals surface area contributed by atoms with Crippen molar-refractivity contribution >= 4 is 0 Å². The molecule has 0 saturated heterocycles. The summed E-state index contributed by atoms with van der Waals surface area (Å²) in [5.74, 6) is -0.588. The Bertz CT molecular complexity index is 140.